The Morgan fingerprint density at radius 1 is 1.14 bits per heavy atom. The summed E-state index contributed by atoms with van der Waals surface area (Å²) in [5.41, 5.74) is 2.84. The van der Waals surface area contributed by atoms with Crippen LogP contribution >= 0.6 is 0 Å². The van der Waals surface area contributed by atoms with Crippen LogP contribution in [0.15, 0.2) is 42.5 Å². The molecule has 0 aliphatic carbocycles. The van der Waals surface area contributed by atoms with Crippen molar-refractivity contribution in [2.45, 2.75) is 39.2 Å². The van der Waals surface area contributed by atoms with Crippen molar-refractivity contribution in [3.63, 3.8) is 0 Å². The van der Waals surface area contributed by atoms with Crippen LogP contribution in [0.5, 0.6) is 11.5 Å². The second kappa shape index (κ2) is 9.45. The van der Waals surface area contributed by atoms with Gasteiger partial charge in [-0.05, 0) is 36.1 Å². The number of fused-ring (bicyclic) bond motifs is 1. The molecule has 0 bridgehead atoms. The Kier molecular flexibility index (Phi) is 6.75. The molecule has 2 atom stereocenters. The number of hydrogen-bond donors (Lipinski definition) is 2. The maximum Gasteiger partial charge on any atom is 0.220 e. The number of hydrogen-bond acceptors (Lipinski definition) is 4. The molecule has 0 spiro atoms. The van der Waals surface area contributed by atoms with Crippen molar-refractivity contribution in [1.29, 1.82) is 0 Å². The minimum absolute atomic E-state index is 0.0133. The van der Waals surface area contributed by atoms with Crippen molar-refractivity contribution in [2.75, 3.05) is 14.2 Å². The molecule has 6 heteroatoms. The van der Waals surface area contributed by atoms with E-state index in [9.17, 15) is 4.79 Å². The van der Waals surface area contributed by atoms with Gasteiger partial charge in [-0.3, -0.25) is 4.79 Å². The molecule has 6 nitrogen and oxygen atoms in total. The molecule has 3 aromatic rings. The largest absolute Gasteiger partial charge is 0.493 e. The molecule has 2 aromatic carbocycles. The van der Waals surface area contributed by atoms with Gasteiger partial charge in [-0.25, -0.2) is 4.98 Å². The summed E-state index contributed by atoms with van der Waals surface area (Å²) in [6.45, 7) is 4.25. The van der Waals surface area contributed by atoms with Gasteiger partial charge in [0.25, 0.3) is 0 Å². The van der Waals surface area contributed by atoms with Crippen LogP contribution in [-0.2, 0) is 11.2 Å². The van der Waals surface area contributed by atoms with E-state index in [1.54, 1.807) is 14.2 Å². The summed E-state index contributed by atoms with van der Waals surface area (Å²) in [5, 5.41) is 3.18. The first-order chi connectivity index (χ1) is 14.1. The molecule has 1 heterocycles. The number of nitrogens with zero attached hydrogens (tertiary/aromatic N) is 1. The topological polar surface area (TPSA) is 76.2 Å². The summed E-state index contributed by atoms with van der Waals surface area (Å²) in [6.07, 6.45) is 1.86. The number of benzene rings is 2. The first kappa shape index (κ1) is 20.7. The number of para-hydroxylation sites is 3. The molecule has 1 aromatic heterocycles. The van der Waals surface area contributed by atoms with Crippen molar-refractivity contribution < 1.29 is 14.3 Å². The fraction of sp³-hybridized carbons (Fsp3) is 0.391. The first-order valence-corrected chi connectivity index (χ1v) is 10.0. The minimum Gasteiger partial charge on any atom is -0.493 e. The molecular weight excluding hydrogens is 366 g/mol. The Bertz CT molecular complexity index is 934. The van der Waals surface area contributed by atoms with E-state index in [1.807, 2.05) is 42.5 Å². The Balaban J connectivity index is 1.73. The number of carbonyl (C=O) groups excluding carboxylic acids is 1. The van der Waals surface area contributed by atoms with Crippen LogP contribution in [0.3, 0.4) is 0 Å². The molecule has 0 radical (unpaired) electrons. The van der Waals surface area contributed by atoms with Crippen LogP contribution in [0.25, 0.3) is 11.0 Å². The number of nitrogens with one attached hydrogen (secondary N) is 2. The van der Waals surface area contributed by atoms with Gasteiger partial charge in [-0.2, -0.15) is 0 Å². The van der Waals surface area contributed by atoms with Gasteiger partial charge in [0, 0.05) is 6.42 Å². The van der Waals surface area contributed by atoms with Crippen LogP contribution in [0.2, 0.25) is 0 Å². The molecule has 0 fully saturated rings. The van der Waals surface area contributed by atoms with E-state index in [0.717, 1.165) is 28.8 Å². The van der Waals surface area contributed by atoms with E-state index < -0.39 is 0 Å². The van der Waals surface area contributed by atoms with Gasteiger partial charge in [0.1, 0.15) is 5.82 Å². The Labute approximate surface area is 171 Å². The van der Waals surface area contributed by atoms with E-state index in [1.165, 1.54) is 0 Å². The van der Waals surface area contributed by atoms with E-state index in [0.29, 0.717) is 24.3 Å². The lowest BCUT2D eigenvalue weighted by Gasteiger charge is -2.22. The van der Waals surface area contributed by atoms with Gasteiger partial charge < -0.3 is 19.8 Å². The van der Waals surface area contributed by atoms with Gasteiger partial charge in [0.2, 0.25) is 5.91 Å². The zero-order chi connectivity index (χ0) is 20.8. The molecule has 3 rings (SSSR count). The minimum atomic E-state index is -0.160. The summed E-state index contributed by atoms with van der Waals surface area (Å²) in [6, 6.07) is 13.5. The fourth-order valence-electron chi connectivity index (χ4n) is 3.48. The van der Waals surface area contributed by atoms with Gasteiger partial charge in [-0.15, -0.1) is 0 Å². The Morgan fingerprint density at radius 2 is 1.93 bits per heavy atom. The number of rotatable bonds is 9. The highest BCUT2D eigenvalue weighted by Crippen LogP contribution is 2.31. The second-order valence-electron chi connectivity index (χ2n) is 7.22. The lowest BCUT2D eigenvalue weighted by Crippen LogP contribution is -2.33. The van der Waals surface area contributed by atoms with Crippen LogP contribution in [0.4, 0.5) is 0 Å². The monoisotopic (exact) mass is 395 g/mol. The lowest BCUT2D eigenvalue weighted by molar-refractivity contribution is -0.122. The fourth-order valence-corrected chi connectivity index (χ4v) is 3.48. The van der Waals surface area contributed by atoms with Crippen molar-refractivity contribution in [3.05, 3.63) is 53.9 Å². The smallest absolute Gasteiger partial charge is 0.220 e. The summed E-state index contributed by atoms with van der Waals surface area (Å²) in [4.78, 5) is 20.8. The Hall–Kier alpha value is -3.02. The average Bonchev–Trinajstić information content (AvgIpc) is 3.18. The second-order valence-corrected chi connectivity index (χ2v) is 7.22. The number of aromatic amines is 1. The molecule has 154 valence electrons. The van der Waals surface area contributed by atoms with E-state index in [-0.39, 0.29) is 17.9 Å². The quantitative estimate of drug-likeness (QED) is 0.562. The SMILES string of the molecule is CC[C@H](C)[C@H](NC(=O)CCc1cccc(OC)c1OC)c1nc2ccccc2[nH]1. The van der Waals surface area contributed by atoms with Crippen LogP contribution in [0.1, 0.15) is 44.1 Å². The van der Waals surface area contributed by atoms with E-state index in [4.69, 9.17) is 14.5 Å². The number of amides is 1. The molecule has 29 heavy (non-hydrogen) atoms. The number of ether oxygens (including phenoxy) is 2. The summed E-state index contributed by atoms with van der Waals surface area (Å²) >= 11 is 0. The molecule has 0 saturated carbocycles. The van der Waals surface area contributed by atoms with Crippen LogP contribution in [0, 0.1) is 5.92 Å². The lowest BCUT2D eigenvalue weighted by atomic mass is 9.98. The number of imidazole rings is 1. The number of carbonyl (C=O) groups is 1. The average molecular weight is 396 g/mol. The summed E-state index contributed by atoms with van der Waals surface area (Å²) in [5.74, 6) is 2.39. The summed E-state index contributed by atoms with van der Waals surface area (Å²) in [7, 11) is 3.22. The normalized spacial score (nSPS) is 13.1. The zero-order valence-corrected chi connectivity index (χ0v) is 17.5. The third-order valence-electron chi connectivity index (χ3n) is 5.34. The Morgan fingerprint density at radius 3 is 2.62 bits per heavy atom. The number of methoxy groups -OCH3 is 2. The van der Waals surface area contributed by atoms with E-state index >= 15 is 0 Å². The molecule has 0 unspecified atom stereocenters. The van der Waals surface area contributed by atoms with E-state index in [2.05, 4.69) is 24.1 Å². The van der Waals surface area contributed by atoms with Crippen LogP contribution < -0.4 is 14.8 Å². The van der Waals surface area contributed by atoms with Crippen molar-refractivity contribution in [1.82, 2.24) is 15.3 Å². The highest BCUT2D eigenvalue weighted by atomic mass is 16.5. The van der Waals surface area contributed by atoms with Gasteiger partial charge >= 0.3 is 0 Å². The molecule has 0 saturated heterocycles. The predicted molar refractivity (Wildman–Crippen MR) is 114 cm³/mol. The first-order valence-electron chi connectivity index (χ1n) is 10.0. The van der Waals surface area contributed by atoms with Gasteiger partial charge in [0.05, 0.1) is 31.3 Å². The molecule has 2 N–H and O–H groups in total. The van der Waals surface area contributed by atoms with Crippen LogP contribution in [-0.4, -0.2) is 30.1 Å². The standard InChI is InChI=1S/C23H29N3O3/c1-5-15(2)21(23-24-17-10-6-7-11-18(17)25-23)26-20(27)14-13-16-9-8-12-19(28-3)22(16)29-4/h6-12,15,21H,5,13-14H2,1-4H3,(H,24,25)(H,26,27)/t15-,21-/m0/s1. The predicted octanol–water partition coefficient (Wildman–Crippen LogP) is 4.42. The molecular formula is C23H29N3O3. The van der Waals surface area contributed by atoms with Gasteiger partial charge in [0.15, 0.2) is 11.5 Å². The molecule has 0 aliphatic heterocycles. The highest BCUT2D eigenvalue weighted by molar-refractivity contribution is 5.78. The summed E-state index contributed by atoms with van der Waals surface area (Å²) < 4.78 is 10.8. The highest BCUT2D eigenvalue weighted by Gasteiger charge is 2.23. The maximum absolute atomic E-state index is 12.8. The van der Waals surface area contributed by atoms with Gasteiger partial charge in [-0.1, -0.05) is 44.5 Å². The zero-order valence-electron chi connectivity index (χ0n) is 17.5. The van der Waals surface area contributed by atoms with Crippen molar-refractivity contribution in [3.8, 4) is 11.5 Å². The van der Waals surface area contributed by atoms with Crippen molar-refractivity contribution >= 4 is 16.9 Å². The third kappa shape index (κ3) is 4.70. The maximum atomic E-state index is 12.8. The number of aromatic nitrogens is 2. The molecule has 0 aliphatic rings. The van der Waals surface area contributed by atoms with Crippen molar-refractivity contribution in [2.24, 2.45) is 5.92 Å². The number of aryl methyl sites for hydroxylation is 1. The third-order valence-corrected chi connectivity index (χ3v) is 5.34. The number of H-pyrrole nitrogens is 1. The molecule has 1 amide bonds.